The molecule has 11 heteroatoms. The highest BCUT2D eigenvalue weighted by molar-refractivity contribution is 7.17. The van der Waals surface area contributed by atoms with Gasteiger partial charge in [0.25, 0.3) is 5.91 Å². The first-order valence-electron chi connectivity index (χ1n) is 10.2. The van der Waals surface area contributed by atoms with Gasteiger partial charge in [0.15, 0.2) is 0 Å². The summed E-state index contributed by atoms with van der Waals surface area (Å²) < 4.78 is 6.71. The van der Waals surface area contributed by atoms with Crippen LogP contribution in [0.3, 0.4) is 0 Å². The predicted molar refractivity (Wildman–Crippen MR) is 125 cm³/mol. The Bertz CT molecular complexity index is 1580. The molecule has 2 N–H and O–H groups in total. The van der Waals surface area contributed by atoms with Gasteiger partial charge in [-0.3, -0.25) is 9.20 Å². The minimum Gasteiger partial charge on any atom is -0.477 e. The summed E-state index contributed by atoms with van der Waals surface area (Å²) in [7, 11) is 0. The molecular weight excluding hydrogens is 456 g/mol. The number of nitrogens with one attached hydrogen (secondary N) is 1. The second kappa shape index (κ2) is 8.19. The highest BCUT2D eigenvalue weighted by Crippen LogP contribution is 2.29. The van der Waals surface area contributed by atoms with Gasteiger partial charge in [-0.05, 0) is 37.6 Å². The Hall–Kier alpha value is -4.38. The standard InChI is InChI=1S/C23H18N6O4S/c1-11-4-5-14(20-26-13(3)33-28-20)8-16(11)27-21(30)17-9-24-18-7-6-15(10-29(17)18)22-25-12(2)19(34-22)23(31)32/h4-10H,1-3H3,(H,27,30)(H,31,32). The Balaban J connectivity index is 1.48. The number of hydrogen-bond acceptors (Lipinski definition) is 8. The van der Waals surface area contributed by atoms with Crippen molar-refractivity contribution in [1.82, 2.24) is 24.5 Å². The zero-order chi connectivity index (χ0) is 24.0. The van der Waals surface area contributed by atoms with Crippen LogP contribution in [-0.4, -0.2) is 41.5 Å². The third-order valence-electron chi connectivity index (χ3n) is 5.25. The van der Waals surface area contributed by atoms with E-state index in [0.29, 0.717) is 50.6 Å². The average Bonchev–Trinajstić information content (AvgIpc) is 3.52. The Kier molecular flexibility index (Phi) is 5.17. The predicted octanol–water partition coefficient (Wildman–Crippen LogP) is 4.38. The van der Waals surface area contributed by atoms with E-state index in [9.17, 15) is 14.7 Å². The van der Waals surface area contributed by atoms with E-state index in [1.165, 1.54) is 6.20 Å². The van der Waals surface area contributed by atoms with E-state index in [-0.39, 0.29) is 10.8 Å². The number of aryl methyl sites for hydroxylation is 3. The Morgan fingerprint density at radius 1 is 1.09 bits per heavy atom. The molecule has 0 aliphatic carbocycles. The molecule has 0 spiro atoms. The quantitative estimate of drug-likeness (QED) is 0.383. The number of anilines is 1. The highest BCUT2D eigenvalue weighted by atomic mass is 32.1. The maximum atomic E-state index is 13.2. The molecule has 170 valence electrons. The monoisotopic (exact) mass is 474 g/mol. The van der Waals surface area contributed by atoms with Crippen molar-refractivity contribution in [2.75, 3.05) is 5.32 Å². The fourth-order valence-corrected chi connectivity index (χ4v) is 4.39. The van der Waals surface area contributed by atoms with Crippen molar-refractivity contribution in [3.8, 4) is 22.0 Å². The second-order valence-corrected chi connectivity index (χ2v) is 8.65. The van der Waals surface area contributed by atoms with E-state index in [1.54, 1.807) is 42.6 Å². The van der Waals surface area contributed by atoms with Gasteiger partial charge in [-0.15, -0.1) is 11.3 Å². The number of hydrogen-bond donors (Lipinski definition) is 2. The van der Waals surface area contributed by atoms with Crippen LogP contribution in [0.5, 0.6) is 0 Å². The molecule has 0 atom stereocenters. The van der Waals surface area contributed by atoms with E-state index < -0.39 is 5.97 Å². The lowest BCUT2D eigenvalue weighted by Gasteiger charge is -2.10. The number of pyridine rings is 1. The smallest absolute Gasteiger partial charge is 0.347 e. The molecule has 4 aromatic heterocycles. The molecule has 0 aliphatic rings. The van der Waals surface area contributed by atoms with E-state index in [1.807, 2.05) is 19.1 Å². The molecule has 5 aromatic rings. The van der Waals surface area contributed by atoms with Crippen molar-refractivity contribution in [2.45, 2.75) is 20.8 Å². The van der Waals surface area contributed by atoms with Crippen molar-refractivity contribution in [2.24, 2.45) is 0 Å². The molecule has 34 heavy (non-hydrogen) atoms. The number of imidazole rings is 1. The first-order valence-corrected chi connectivity index (χ1v) is 11.0. The van der Waals surface area contributed by atoms with Crippen LogP contribution in [0.2, 0.25) is 0 Å². The number of aromatic carboxylic acids is 1. The SMILES string of the molecule is Cc1nc(-c2ccc(C)c(NC(=O)c3cnc4ccc(-c5nc(C)c(C(=O)O)s5)cn34)c2)no1. The van der Waals surface area contributed by atoms with Crippen molar-refractivity contribution in [3.63, 3.8) is 0 Å². The molecule has 0 fully saturated rings. The molecule has 0 unspecified atom stereocenters. The number of aromatic nitrogens is 5. The molecule has 5 rings (SSSR count). The van der Waals surface area contributed by atoms with Gasteiger partial charge in [-0.1, -0.05) is 17.3 Å². The maximum absolute atomic E-state index is 13.2. The van der Waals surface area contributed by atoms with E-state index in [0.717, 1.165) is 16.9 Å². The van der Waals surface area contributed by atoms with Crippen LogP contribution in [0.15, 0.2) is 47.2 Å². The molecule has 0 bridgehead atoms. The van der Waals surface area contributed by atoms with Gasteiger partial charge in [0.1, 0.15) is 21.2 Å². The number of benzene rings is 1. The van der Waals surface area contributed by atoms with Gasteiger partial charge in [-0.2, -0.15) is 4.98 Å². The van der Waals surface area contributed by atoms with Crippen molar-refractivity contribution in [3.05, 3.63) is 70.4 Å². The zero-order valence-corrected chi connectivity index (χ0v) is 19.2. The van der Waals surface area contributed by atoms with Gasteiger partial charge in [0.05, 0.1) is 11.9 Å². The topological polar surface area (TPSA) is 136 Å². The third-order valence-corrected chi connectivity index (χ3v) is 6.44. The first-order chi connectivity index (χ1) is 16.3. The van der Waals surface area contributed by atoms with E-state index >= 15 is 0 Å². The normalized spacial score (nSPS) is 11.1. The number of amides is 1. The van der Waals surface area contributed by atoms with Gasteiger partial charge in [-0.25, -0.2) is 14.8 Å². The highest BCUT2D eigenvalue weighted by Gasteiger charge is 2.18. The number of carboxylic acid groups (broad SMARTS) is 1. The van der Waals surface area contributed by atoms with Crippen LogP contribution in [0.4, 0.5) is 5.69 Å². The number of thiazole rings is 1. The lowest BCUT2D eigenvalue weighted by molar-refractivity contribution is 0.0701. The summed E-state index contributed by atoms with van der Waals surface area (Å²) in [6.07, 6.45) is 3.22. The Morgan fingerprint density at radius 3 is 2.59 bits per heavy atom. The van der Waals surface area contributed by atoms with E-state index in [4.69, 9.17) is 4.52 Å². The van der Waals surface area contributed by atoms with Crippen LogP contribution >= 0.6 is 11.3 Å². The molecular formula is C23H18N6O4S. The minimum absolute atomic E-state index is 0.186. The largest absolute Gasteiger partial charge is 0.477 e. The third kappa shape index (κ3) is 3.82. The Morgan fingerprint density at radius 2 is 1.88 bits per heavy atom. The Labute approximate surface area is 196 Å². The molecule has 1 aromatic carbocycles. The van der Waals surface area contributed by atoms with Crippen LogP contribution in [0.25, 0.3) is 27.6 Å². The summed E-state index contributed by atoms with van der Waals surface area (Å²) in [6.45, 7) is 5.25. The summed E-state index contributed by atoms with van der Waals surface area (Å²) >= 11 is 1.09. The van der Waals surface area contributed by atoms with Crippen LogP contribution in [-0.2, 0) is 0 Å². The summed E-state index contributed by atoms with van der Waals surface area (Å²) in [5.41, 5.74) is 4.22. The number of carboxylic acids is 1. The van der Waals surface area contributed by atoms with Crippen LogP contribution in [0.1, 0.15) is 37.3 Å². The van der Waals surface area contributed by atoms with Crippen LogP contribution < -0.4 is 5.32 Å². The number of rotatable bonds is 5. The summed E-state index contributed by atoms with van der Waals surface area (Å²) in [6, 6.07) is 9.07. The molecule has 10 nitrogen and oxygen atoms in total. The molecule has 4 heterocycles. The maximum Gasteiger partial charge on any atom is 0.347 e. The minimum atomic E-state index is -1.02. The molecule has 0 radical (unpaired) electrons. The first kappa shape index (κ1) is 21.5. The fourth-order valence-electron chi connectivity index (χ4n) is 3.49. The summed E-state index contributed by atoms with van der Waals surface area (Å²) in [4.78, 5) is 37.7. The lowest BCUT2D eigenvalue weighted by atomic mass is 10.1. The lowest BCUT2D eigenvalue weighted by Crippen LogP contribution is -2.15. The molecule has 0 saturated heterocycles. The molecule has 0 saturated carbocycles. The fraction of sp³-hybridized carbons (Fsp3) is 0.130. The van der Waals surface area contributed by atoms with E-state index in [2.05, 4.69) is 25.4 Å². The average molecular weight is 475 g/mol. The second-order valence-electron chi connectivity index (χ2n) is 7.65. The van der Waals surface area contributed by atoms with Gasteiger partial charge >= 0.3 is 5.97 Å². The number of carbonyl (C=O) groups excluding carboxylic acids is 1. The van der Waals surface area contributed by atoms with Crippen molar-refractivity contribution in [1.29, 1.82) is 0 Å². The van der Waals surface area contributed by atoms with Gasteiger partial charge in [0.2, 0.25) is 11.7 Å². The van der Waals surface area contributed by atoms with Crippen molar-refractivity contribution >= 4 is 34.5 Å². The van der Waals surface area contributed by atoms with Crippen molar-refractivity contribution < 1.29 is 19.2 Å². The van der Waals surface area contributed by atoms with Gasteiger partial charge in [0, 0.05) is 29.9 Å². The summed E-state index contributed by atoms with van der Waals surface area (Å²) in [5, 5.41) is 16.7. The van der Waals surface area contributed by atoms with Crippen LogP contribution in [0, 0.1) is 20.8 Å². The molecule has 0 aliphatic heterocycles. The number of carbonyl (C=O) groups is 2. The summed E-state index contributed by atoms with van der Waals surface area (Å²) in [5.74, 6) is -0.477. The van der Waals surface area contributed by atoms with Gasteiger partial charge < -0.3 is 14.9 Å². The zero-order valence-electron chi connectivity index (χ0n) is 18.4. The number of fused-ring (bicyclic) bond motifs is 1. The number of nitrogens with zero attached hydrogens (tertiary/aromatic N) is 5. The molecule has 1 amide bonds.